The molecule has 0 atom stereocenters. The first kappa shape index (κ1) is 24.0. The topological polar surface area (TPSA) is 130 Å². The number of rotatable bonds is 10. The first-order chi connectivity index (χ1) is 12.3. The molecule has 1 aliphatic rings. The zero-order chi connectivity index (χ0) is 19.0. The number of carbonyl (C=O) groups is 1. The Balaban J connectivity index is 0.00000364. The third-order valence-electron chi connectivity index (χ3n) is 4.73. The molecule has 2 rings (SSSR count). The molecule has 0 radical (unpaired) electrons. The molecular formula is C19H32NO6P. The van der Waals surface area contributed by atoms with Gasteiger partial charge in [0.25, 0.3) is 0 Å². The van der Waals surface area contributed by atoms with Gasteiger partial charge in [-0.15, -0.1) is 0 Å². The number of hydrogen-bond acceptors (Lipinski definition) is 5. The highest BCUT2D eigenvalue weighted by atomic mass is 31.2. The first-order valence-corrected chi connectivity index (χ1v) is 10.9. The van der Waals surface area contributed by atoms with Crippen molar-refractivity contribution in [1.82, 2.24) is 0 Å². The number of phosphoric ester groups is 1. The molecule has 0 aromatic heterocycles. The Morgan fingerprint density at radius 2 is 1.74 bits per heavy atom. The van der Waals surface area contributed by atoms with Crippen LogP contribution >= 0.6 is 7.82 Å². The predicted octanol–water partition coefficient (Wildman–Crippen LogP) is 3.18. The van der Waals surface area contributed by atoms with E-state index in [-0.39, 0.29) is 24.5 Å². The van der Waals surface area contributed by atoms with E-state index in [1.807, 2.05) is 24.3 Å². The summed E-state index contributed by atoms with van der Waals surface area (Å²) in [4.78, 5) is 21.4. The van der Waals surface area contributed by atoms with E-state index in [9.17, 15) is 14.3 Å². The zero-order valence-electron chi connectivity index (χ0n) is 16.0. The molecule has 0 saturated carbocycles. The lowest BCUT2D eigenvalue weighted by Gasteiger charge is -2.34. The summed E-state index contributed by atoms with van der Waals surface area (Å²) in [5.41, 5.74) is 7.19. The molecule has 5 N–H and O–H groups in total. The van der Waals surface area contributed by atoms with Gasteiger partial charge in [0.1, 0.15) is 0 Å². The molecule has 8 heteroatoms. The van der Waals surface area contributed by atoms with Gasteiger partial charge in [-0.2, -0.15) is 0 Å². The summed E-state index contributed by atoms with van der Waals surface area (Å²) < 4.78 is 20.8. The van der Waals surface area contributed by atoms with Crippen molar-refractivity contribution >= 4 is 13.6 Å². The van der Waals surface area contributed by atoms with Gasteiger partial charge < -0.3 is 16.1 Å². The minimum absolute atomic E-state index is 0. The van der Waals surface area contributed by atoms with Gasteiger partial charge in [0.15, 0.2) is 5.78 Å². The van der Waals surface area contributed by atoms with E-state index in [1.165, 1.54) is 19.3 Å². The summed E-state index contributed by atoms with van der Waals surface area (Å²) in [6.07, 6.45) is 7.55. The van der Waals surface area contributed by atoms with Crippen LogP contribution < -0.4 is 5.73 Å². The number of benzene rings is 1. The Morgan fingerprint density at radius 1 is 1.15 bits per heavy atom. The molecule has 0 bridgehead atoms. The van der Waals surface area contributed by atoms with Gasteiger partial charge in [-0.25, -0.2) is 4.57 Å². The Kier molecular flexibility index (Phi) is 9.81. The summed E-state index contributed by atoms with van der Waals surface area (Å²) in [6, 6.07) is 7.61. The minimum atomic E-state index is -3.91. The number of hydrogen-bond donors (Lipinski definition) is 2. The fourth-order valence-corrected chi connectivity index (χ4v) is 3.84. The maximum absolute atomic E-state index is 12.2. The third kappa shape index (κ3) is 8.21. The largest absolute Gasteiger partial charge is 0.472 e. The molecule has 1 saturated heterocycles. The molecule has 0 unspecified atom stereocenters. The number of ketones is 1. The summed E-state index contributed by atoms with van der Waals surface area (Å²) in [7, 11) is -3.91. The highest BCUT2D eigenvalue weighted by molar-refractivity contribution is 7.47. The quantitative estimate of drug-likeness (QED) is 0.352. The number of nitrogens with two attached hydrogens (primary N) is 1. The van der Waals surface area contributed by atoms with E-state index in [0.29, 0.717) is 19.3 Å². The smallest absolute Gasteiger partial charge is 0.412 e. The molecule has 0 aliphatic carbocycles. The zero-order valence-corrected chi connectivity index (χ0v) is 16.9. The van der Waals surface area contributed by atoms with Crippen LogP contribution in [0.5, 0.6) is 0 Å². The SMILES string of the molecule is CCCCCCCC(=O)c1ccc(CCC2(N)COP(=O)(O)OC2)cc1.O. The van der Waals surface area contributed by atoms with Crippen molar-refractivity contribution < 1.29 is 28.8 Å². The van der Waals surface area contributed by atoms with Gasteiger partial charge in [0.2, 0.25) is 0 Å². The second-order valence-corrected chi connectivity index (χ2v) is 8.62. The van der Waals surface area contributed by atoms with E-state index < -0.39 is 13.4 Å². The van der Waals surface area contributed by atoms with Crippen LogP contribution in [-0.4, -0.2) is 34.9 Å². The molecule has 0 amide bonds. The number of phosphoric acid groups is 1. The second kappa shape index (κ2) is 11.1. The van der Waals surface area contributed by atoms with Crippen LogP contribution in [0.2, 0.25) is 0 Å². The highest BCUT2D eigenvalue weighted by Gasteiger charge is 2.38. The molecule has 1 fully saturated rings. The van der Waals surface area contributed by atoms with Crippen molar-refractivity contribution in [2.75, 3.05) is 13.2 Å². The van der Waals surface area contributed by atoms with Crippen molar-refractivity contribution in [1.29, 1.82) is 0 Å². The average Bonchev–Trinajstić information content (AvgIpc) is 2.63. The number of Topliss-reactive ketones (excluding diaryl/α,β-unsaturated/α-hetero) is 1. The van der Waals surface area contributed by atoms with Gasteiger partial charge >= 0.3 is 7.82 Å². The van der Waals surface area contributed by atoms with Crippen LogP contribution in [-0.2, 0) is 20.0 Å². The Bertz CT molecular complexity index is 622. The fourth-order valence-electron chi connectivity index (χ4n) is 2.93. The molecule has 1 aromatic rings. The van der Waals surface area contributed by atoms with Crippen LogP contribution in [0.4, 0.5) is 0 Å². The van der Waals surface area contributed by atoms with Crippen molar-refractivity contribution in [2.24, 2.45) is 5.73 Å². The van der Waals surface area contributed by atoms with E-state index in [4.69, 9.17) is 14.8 Å². The monoisotopic (exact) mass is 401 g/mol. The second-order valence-electron chi connectivity index (χ2n) is 7.16. The van der Waals surface area contributed by atoms with Crippen molar-refractivity contribution in [3.63, 3.8) is 0 Å². The number of unbranched alkanes of at least 4 members (excludes halogenated alkanes) is 4. The highest BCUT2D eigenvalue weighted by Crippen LogP contribution is 2.47. The van der Waals surface area contributed by atoms with E-state index >= 15 is 0 Å². The predicted molar refractivity (Wildman–Crippen MR) is 105 cm³/mol. The Labute approximate surface area is 161 Å². The molecule has 27 heavy (non-hydrogen) atoms. The van der Waals surface area contributed by atoms with Crippen molar-refractivity contribution in [3.8, 4) is 0 Å². The normalized spacial score (nSPS) is 25.0. The summed E-state index contributed by atoms with van der Waals surface area (Å²) in [6.45, 7) is 2.17. The van der Waals surface area contributed by atoms with Crippen LogP contribution in [0.1, 0.15) is 67.8 Å². The maximum atomic E-state index is 12.2. The standard InChI is InChI=1S/C19H30NO5P.H2O/c1-2-3-4-5-6-7-18(21)17-10-8-16(9-11-17)12-13-19(20)14-24-26(22,23)25-15-19;/h8-11H,2-7,12-15,20H2,1H3,(H,22,23);1H2. The lowest BCUT2D eigenvalue weighted by molar-refractivity contribution is 0.0372. The summed E-state index contributed by atoms with van der Waals surface area (Å²) in [5, 5.41) is 0. The van der Waals surface area contributed by atoms with Gasteiger partial charge in [0, 0.05) is 12.0 Å². The average molecular weight is 401 g/mol. The van der Waals surface area contributed by atoms with Crippen molar-refractivity contribution in [2.45, 2.75) is 63.8 Å². The number of aryl methyl sites for hydroxylation is 1. The van der Waals surface area contributed by atoms with Gasteiger partial charge in [-0.05, 0) is 24.8 Å². The summed E-state index contributed by atoms with van der Waals surface area (Å²) in [5.74, 6) is 0.191. The molecular weight excluding hydrogens is 369 g/mol. The lowest BCUT2D eigenvalue weighted by Crippen LogP contribution is -2.51. The van der Waals surface area contributed by atoms with E-state index in [0.717, 1.165) is 24.0 Å². The van der Waals surface area contributed by atoms with Gasteiger partial charge in [-0.1, -0.05) is 56.9 Å². The Morgan fingerprint density at radius 3 is 2.33 bits per heavy atom. The minimum Gasteiger partial charge on any atom is -0.412 e. The van der Waals surface area contributed by atoms with Crippen LogP contribution in [0.3, 0.4) is 0 Å². The lowest BCUT2D eigenvalue weighted by atomic mass is 9.93. The maximum Gasteiger partial charge on any atom is 0.472 e. The molecule has 1 heterocycles. The molecule has 1 aliphatic heterocycles. The molecule has 7 nitrogen and oxygen atoms in total. The van der Waals surface area contributed by atoms with E-state index in [2.05, 4.69) is 6.92 Å². The van der Waals surface area contributed by atoms with Crippen molar-refractivity contribution in [3.05, 3.63) is 35.4 Å². The Hall–Kier alpha value is -1.08. The van der Waals surface area contributed by atoms with Crippen LogP contribution in [0, 0.1) is 0 Å². The number of carbonyl (C=O) groups excluding carboxylic acids is 1. The van der Waals surface area contributed by atoms with Gasteiger partial charge in [0.05, 0.1) is 18.8 Å². The van der Waals surface area contributed by atoms with Crippen LogP contribution in [0.25, 0.3) is 0 Å². The van der Waals surface area contributed by atoms with E-state index in [1.54, 1.807) is 0 Å². The molecule has 154 valence electrons. The first-order valence-electron chi connectivity index (χ1n) is 9.36. The summed E-state index contributed by atoms with van der Waals surface area (Å²) >= 11 is 0. The molecule has 1 aromatic carbocycles. The molecule has 0 spiro atoms. The van der Waals surface area contributed by atoms with Gasteiger partial charge in [-0.3, -0.25) is 13.8 Å². The fraction of sp³-hybridized carbons (Fsp3) is 0.632. The van der Waals surface area contributed by atoms with Crippen LogP contribution in [0.15, 0.2) is 24.3 Å². The third-order valence-corrected chi connectivity index (χ3v) is 5.64.